The molecule has 1 aromatic carbocycles. The molecule has 124 valence electrons. The molecule has 5 nitrogen and oxygen atoms in total. The van der Waals surface area contributed by atoms with Gasteiger partial charge in [0.25, 0.3) is 0 Å². The molecule has 2 aromatic heterocycles. The van der Waals surface area contributed by atoms with E-state index in [1.54, 1.807) is 11.3 Å². The predicted octanol–water partition coefficient (Wildman–Crippen LogP) is 4.34. The van der Waals surface area contributed by atoms with E-state index in [1.807, 2.05) is 12.1 Å². The first-order chi connectivity index (χ1) is 11.6. The van der Waals surface area contributed by atoms with Crippen LogP contribution in [0.1, 0.15) is 16.0 Å². The van der Waals surface area contributed by atoms with E-state index in [2.05, 4.69) is 35.2 Å². The summed E-state index contributed by atoms with van der Waals surface area (Å²) in [7, 11) is 0. The highest BCUT2D eigenvalue weighted by molar-refractivity contribution is 7.18. The molecule has 0 saturated heterocycles. The second-order valence-electron chi connectivity index (χ2n) is 5.67. The summed E-state index contributed by atoms with van der Waals surface area (Å²) >= 11 is 7.70. The van der Waals surface area contributed by atoms with Crippen LogP contribution in [0.15, 0.2) is 18.2 Å². The molecule has 1 aliphatic heterocycles. The molecule has 0 saturated carbocycles. The number of rotatable bonds is 4. The van der Waals surface area contributed by atoms with Crippen LogP contribution in [0, 0.1) is 13.8 Å². The van der Waals surface area contributed by atoms with Gasteiger partial charge in [0.1, 0.15) is 10.6 Å². The lowest BCUT2D eigenvalue weighted by Crippen LogP contribution is -2.07. The van der Waals surface area contributed by atoms with Gasteiger partial charge in [-0.1, -0.05) is 6.07 Å². The van der Waals surface area contributed by atoms with Crippen molar-refractivity contribution in [1.29, 1.82) is 0 Å². The molecular formula is C17H16ClN3O2S. The quantitative estimate of drug-likeness (QED) is 0.700. The first-order valence-corrected chi connectivity index (χ1v) is 8.87. The fourth-order valence-corrected chi connectivity index (χ4v) is 4.02. The van der Waals surface area contributed by atoms with Gasteiger partial charge in [-0.25, -0.2) is 9.97 Å². The Labute approximate surface area is 148 Å². The molecular weight excluding hydrogens is 346 g/mol. The van der Waals surface area contributed by atoms with Crippen molar-refractivity contribution >= 4 is 39.0 Å². The van der Waals surface area contributed by atoms with Crippen molar-refractivity contribution in [1.82, 2.24) is 9.97 Å². The Morgan fingerprint density at radius 3 is 2.92 bits per heavy atom. The van der Waals surface area contributed by atoms with Gasteiger partial charge in [0, 0.05) is 11.4 Å². The highest BCUT2D eigenvalue weighted by Crippen LogP contribution is 2.34. The highest BCUT2D eigenvalue weighted by atomic mass is 35.5. The first kappa shape index (κ1) is 15.5. The van der Waals surface area contributed by atoms with Gasteiger partial charge < -0.3 is 14.8 Å². The Bertz CT molecular complexity index is 926. The van der Waals surface area contributed by atoms with Crippen LogP contribution in [-0.4, -0.2) is 23.3 Å². The lowest BCUT2D eigenvalue weighted by Gasteiger charge is -2.08. The van der Waals surface area contributed by atoms with E-state index in [0.29, 0.717) is 6.79 Å². The smallest absolute Gasteiger partial charge is 0.231 e. The lowest BCUT2D eigenvalue weighted by atomic mass is 10.1. The molecule has 24 heavy (non-hydrogen) atoms. The molecule has 4 rings (SSSR count). The standard InChI is InChI=1S/C17H16ClN3O2S/c1-9-10(2)24-16-14(9)15(20-17(18)21-16)19-6-5-11-3-4-12-13(7-11)23-8-22-12/h3-4,7H,5-6,8H2,1-2H3,(H,19,20,21). The van der Waals surface area contributed by atoms with E-state index in [-0.39, 0.29) is 5.28 Å². The zero-order chi connectivity index (χ0) is 16.7. The predicted molar refractivity (Wildman–Crippen MR) is 96.7 cm³/mol. The number of fused-ring (bicyclic) bond motifs is 2. The zero-order valence-corrected chi connectivity index (χ0v) is 14.9. The third-order valence-electron chi connectivity index (χ3n) is 4.14. The largest absolute Gasteiger partial charge is 0.454 e. The summed E-state index contributed by atoms with van der Waals surface area (Å²) in [5.41, 5.74) is 2.39. The fraction of sp³-hybridized carbons (Fsp3) is 0.294. The summed E-state index contributed by atoms with van der Waals surface area (Å²) in [4.78, 5) is 10.9. The van der Waals surface area contributed by atoms with Crippen LogP contribution in [0.3, 0.4) is 0 Å². The molecule has 0 amide bonds. The molecule has 0 bridgehead atoms. The van der Waals surface area contributed by atoms with Crippen molar-refractivity contribution in [2.45, 2.75) is 20.3 Å². The number of nitrogens with zero attached hydrogens (tertiary/aromatic N) is 2. The van der Waals surface area contributed by atoms with E-state index in [4.69, 9.17) is 21.1 Å². The Morgan fingerprint density at radius 1 is 1.21 bits per heavy atom. The van der Waals surface area contributed by atoms with E-state index in [1.165, 1.54) is 16.0 Å². The topological polar surface area (TPSA) is 56.3 Å². The fourth-order valence-electron chi connectivity index (χ4n) is 2.77. The van der Waals surface area contributed by atoms with Crippen molar-refractivity contribution in [3.8, 4) is 11.5 Å². The summed E-state index contributed by atoms with van der Waals surface area (Å²) < 4.78 is 10.8. The van der Waals surface area contributed by atoms with E-state index >= 15 is 0 Å². The minimum atomic E-state index is 0.273. The average molecular weight is 362 g/mol. The van der Waals surface area contributed by atoms with Gasteiger partial charge in [0.2, 0.25) is 12.1 Å². The number of benzene rings is 1. The van der Waals surface area contributed by atoms with Gasteiger partial charge in [-0.15, -0.1) is 11.3 Å². The van der Waals surface area contributed by atoms with Gasteiger partial charge >= 0.3 is 0 Å². The number of ether oxygens (including phenoxy) is 2. The second-order valence-corrected chi connectivity index (χ2v) is 7.21. The number of halogens is 1. The first-order valence-electron chi connectivity index (χ1n) is 7.67. The van der Waals surface area contributed by atoms with Crippen LogP contribution in [-0.2, 0) is 6.42 Å². The molecule has 3 aromatic rings. The molecule has 1 aliphatic rings. The van der Waals surface area contributed by atoms with Gasteiger partial charge in [-0.05, 0) is 55.1 Å². The van der Waals surface area contributed by atoms with E-state index in [9.17, 15) is 0 Å². The Balaban J connectivity index is 1.53. The number of aryl methyl sites for hydroxylation is 2. The third-order valence-corrected chi connectivity index (χ3v) is 5.41. The van der Waals surface area contributed by atoms with Crippen LogP contribution in [0.25, 0.3) is 10.2 Å². The Morgan fingerprint density at radius 2 is 2.04 bits per heavy atom. The Hall–Kier alpha value is -2.05. The van der Waals surface area contributed by atoms with Gasteiger partial charge in [0.15, 0.2) is 11.5 Å². The molecule has 0 spiro atoms. The summed E-state index contributed by atoms with van der Waals surface area (Å²) in [6.45, 7) is 5.22. The van der Waals surface area contributed by atoms with Crippen molar-refractivity contribution in [2.24, 2.45) is 0 Å². The number of anilines is 1. The van der Waals surface area contributed by atoms with Crippen LogP contribution in [0.4, 0.5) is 5.82 Å². The van der Waals surface area contributed by atoms with Crippen LogP contribution >= 0.6 is 22.9 Å². The number of hydrogen-bond donors (Lipinski definition) is 1. The van der Waals surface area contributed by atoms with Crippen LogP contribution in [0.2, 0.25) is 5.28 Å². The monoisotopic (exact) mass is 361 g/mol. The zero-order valence-electron chi connectivity index (χ0n) is 13.4. The van der Waals surface area contributed by atoms with Crippen molar-refractivity contribution in [2.75, 3.05) is 18.7 Å². The second kappa shape index (κ2) is 6.11. The highest BCUT2D eigenvalue weighted by Gasteiger charge is 2.15. The lowest BCUT2D eigenvalue weighted by molar-refractivity contribution is 0.174. The van der Waals surface area contributed by atoms with Crippen LogP contribution in [0.5, 0.6) is 11.5 Å². The maximum atomic E-state index is 6.06. The molecule has 0 unspecified atom stereocenters. The maximum absolute atomic E-state index is 6.06. The third kappa shape index (κ3) is 2.76. The normalized spacial score (nSPS) is 12.8. The molecule has 0 fully saturated rings. The molecule has 7 heteroatoms. The van der Waals surface area contributed by atoms with Gasteiger partial charge in [-0.3, -0.25) is 0 Å². The van der Waals surface area contributed by atoms with E-state index < -0.39 is 0 Å². The minimum Gasteiger partial charge on any atom is -0.454 e. The Kier molecular flexibility index (Phi) is 3.94. The van der Waals surface area contributed by atoms with Crippen molar-refractivity contribution in [3.05, 3.63) is 39.5 Å². The molecule has 3 heterocycles. The number of thiophene rings is 1. The summed E-state index contributed by atoms with van der Waals surface area (Å²) in [6.07, 6.45) is 0.849. The number of hydrogen-bond acceptors (Lipinski definition) is 6. The molecule has 1 N–H and O–H groups in total. The van der Waals surface area contributed by atoms with Crippen molar-refractivity contribution in [3.63, 3.8) is 0 Å². The SMILES string of the molecule is Cc1sc2nc(Cl)nc(NCCc3ccc4c(c3)OCO4)c2c1C. The maximum Gasteiger partial charge on any atom is 0.231 e. The van der Waals surface area contributed by atoms with Gasteiger partial charge in [0.05, 0.1) is 5.39 Å². The average Bonchev–Trinajstić information content (AvgIpc) is 3.12. The number of aromatic nitrogens is 2. The molecule has 0 atom stereocenters. The van der Waals surface area contributed by atoms with Crippen LogP contribution < -0.4 is 14.8 Å². The minimum absolute atomic E-state index is 0.273. The van der Waals surface area contributed by atoms with E-state index in [0.717, 1.165) is 40.5 Å². The summed E-state index contributed by atoms with van der Waals surface area (Å²) in [6, 6.07) is 6.02. The summed E-state index contributed by atoms with van der Waals surface area (Å²) in [5.74, 6) is 2.41. The number of nitrogens with one attached hydrogen (secondary N) is 1. The molecule has 0 aliphatic carbocycles. The van der Waals surface area contributed by atoms with Crippen molar-refractivity contribution < 1.29 is 9.47 Å². The summed E-state index contributed by atoms with van der Waals surface area (Å²) in [5, 5.41) is 4.73. The van der Waals surface area contributed by atoms with Gasteiger partial charge in [-0.2, -0.15) is 0 Å². The molecule has 0 radical (unpaired) electrons.